The lowest BCUT2D eigenvalue weighted by Gasteiger charge is -2.53. The Kier molecular flexibility index (Phi) is 15.0. The maximum Gasteiger partial charge on any atom is 0.262 e. The monoisotopic (exact) mass is 922 g/mol. The second-order valence-electron chi connectivity index (χ2n) is 19.5. The average molecular weight is 922 g/mol. The van der Waals surface area contributed by atoms with Crippen LogP contribution in [0.2, 0.25) is 0 Å². The zero-order chi connectivity index (χ0) is 47.0. The molecule has 5 aliphatic rings. The number of fused-ring (bicyclic) bond motifs is 1. The summed E-state index contributed by atoms with van der Waals surface area (Å²) < 4.78 is 13.1. The smallest absolute Gasteiger partial charge is 0.262 e. The Morgan fingerprint density at radius 1 is 0.721 bits per heavy atom. The zero-order valence-corrected chi connectivity index (χ0v) is 39.6. The molecule has 0 bridgehead atoms. The van der Waals surface area contributed by atoms with Crippen molar-refractivity contribution in [2.45, 2.75) is 115 Å². The summed E-state index contributed by atoms with van der Waals surface area (Å²) in [6.45, 7) is 8.18. The highest BCUT2D eigenvalue weighted by Crippen LogP contribution is 2.45. The van der Waals surface area contributed by atoms with Crippen molar-refractivity contribution in [3.8, 4) is 17.2 Å². The number of ether oxygens (including phenoxy) is 2. The quantitative estimate of drug-likeness (QED) is 0.0933. The van der Waals surface area contributed by atoms with Gasteiger partial charge in [-0.05, 0) is 102 Å². The molecule has 12 heteroatoms. The summed E-state index contributed by atoms with van der Waals surface area (Å²) in [6, 6.07) is 30.5. The lowest BCUT2D eigenvalue weighted by atomic mass is 9.69. The fraction of sp³-hybridized carbons (Fsp3) is 0.464. The van der Waals surface area contributed by atoms with Crippen molar-refractivity contribution in [1.82, 2.24) is 25.3 Å². The number of nitrogens with one attached hydrogen (secondary N) is 2. The molecule has 358 valence electrons. The number of piperazine rings is 1. The number of aromatic hydroxyl groups is 1. The minimum Gasteiger partial charge on any atom is -0.508 e. The van der Waals surface area contributed by atoms with Crippen molar-refractivity contribution in [2.24, 2.45) is 5.41 Å². The van der Waals surface area contributed by atoms with Crippen molar-refractivity contribution in [1.29, 1.82) is 0 Å². The molecule has 3 unspecified atom stereocenters. The predicted molar refractivity (Wildman–Crippen MR) is 263 cm³/mol. The Hall–Kier alpha value is -5.82. The molecule has 12 nitrogen and oxygen atoms in total. The average Bonchev–Trinajstić information content (AvgIpc) is 3.56. The highest BCUT2D eigenvalue weighted by molar-refractivity contribution is 6.23. The van der Waals surface area contributed by atoms with Crippen LogP contribution < -0.4 is 20.1 Å². The number of carbonyl (C=O) groups is 4. The number of amides is 4. The Balaban J connectivity index is 0.830. The Morgan fingerprint density at radius 2 is 1.35 bits per heavy atom. The first-order valence-corrected chi connectivity index (χ1v) is 25.2. The van der Waals surface area contributed by atoms with Crippen LogP contribution in [0.3, 0.4) is 0 Å². The number of nitrogens with zero attached hydrogens (tertiary/aromatic N) is 3. The lowest BCUT2D eigenvalue weighted by Crippen LogP contribution is -2.66. The van der Waals surface area contributed by atoms with Crippen LogP contribution in [0.15, 0.2) is 97.1 Å². The normalized spacial score (nSPS) is 23.4. The van der Waals surface area contributed by atoms with E-state index >= 15 is 0 Å². The maximum absolute atomic E-state index is 13.6. The molecule has 9 rings (SSSR count). The summed E-state index contributed by atoms with van der Waals surface area (Å²) in [5.74, 6) is -0.400. The summed E-state index contributed by atoms with van der Waals surface area (Å²) in [5, 5.41) is 16.3. The van der Waals surface area contributed by atoms with Gasteiger partial charge < -0.3 is 14.6 Å². The van der Waals surface area contributed by atoms with Crippen molar-refractivity contribution in [3.63, 3.8) is 0 Å². The zero-order valence-electron chi connectivity index (χ0n) is 39.6. The van der Waals surface area contributed by atoms with Crippen LogP contribution in [0.5, 0.6) is 17.2 Å². The van der Waals surface area contributed by atoms with E-state index in [0.29, 0.717) is 18.9 Å². The van der Waals surface area contributed by atoms with Gasteiger partial charge in [0.05, 0.1) is 17.3 Å². The fourth-order valence-electron chi connectivity index (χ4n) is 11.6. The minimum atomic E-state index is -1.00. The molecule has 1 spiro atoms. The summed E-state index contributed by atoms with van der Waals surface area (Å²) in [4.78, 5) is 57.7. The number of allylic oxidation sites excluding steroid dienone is 1. The van der Waals surface area contributed by atoms with E-state index in [0.717, 1.165) is 85.8 Å². The number of imide groups is 2. The number of phenolic OH excluding ortho intramolecular Hbond substituents is 1. The third-order valence-electron chi connectivity index (χ3n) is 15.1. The van der Waals surface area contributed by atoms with Crippen LogP contribution in [0.1, 0.15) is 134 Å². The molecule has 1 aliphatic carbocycles. The van der Waals surface area contributed by atoms with Crippen LogP contribution >= 0.6 is 0 Å². The van der Waals surface area contributed by atoms with Crippen LogP contribution in [0.4, 0.5) is 0 Å². The standard InChI is InChI=1S/C56H67N5O7/c1-2-46(39-14-10-9-11-15-39)51(40-16-20-42(62)21-17-40)41-18-22-43(23-19-41)67-35-34-59-30-32-60(33-31-59)55-56(28-12-7-5-3-4-6-8-13-29-56)37-45(38-57-55)68-44-24-25-47-48(36-44)54(66)61(53(47)65)49-26-27-50(63)58-52(49)64/h9-11,14-25,36,45,49,55,57,62H,2-8,12-13,26-35,37-38H2,1H3,(H,58,63,64)/b51-46-. The fourth-order valence-corrected chi connectivity index (χ4v) is 11.6. The Morgan fingerprint density at radius 3 is 2.01 bits per heavy atom. The molecule has 3 atom stereocenters. The summed E-state index contributed by atoms with van der Waals surface area (Å²) in [6.07, 6.45) is 14.4. The molecular weight excluding hydrogens is 855 g/mol. The van der Waals surface area contributed by atoms with Gasteiger partial charge in [0.15, 0.2) is 0 Å². The molecule has 4 aliphatic heterocycles. The Labute approximate surface area is 401 Å². The number of hydrogen-bond acceptors (Lipinski definition) is 10. The van der Waals surface area contributed by atoms with Crippen molar-refractivity contribution < 1.29 is 33.8 Å². The molecule has 4 aromatic rings. The van der Waals surface area contributed by atoms with Gasteiger partial charge in [-0.15, -0.1) is 0 Å². The van der Waals surface area contributed by atoms with E-state index < -0.39 is 29.7 Å². The highest BCUT2D eigenvalue weighted by atomic mass is 16.5. The summed E-state index contributed by atoms with van der Waals surface area (Å²) >= 11 is 0. The largest absolute Gasteiger partial charge is 0.508 e. The second kappa shape index (κ2) is 21.6. The molecule has 0 radical (unpaired) electrons. The summed E-state index contributed by atoms with van der Waals surface area (Å²) in [7, 11) is 0. The third-order valence-corrected chi connectivity index (χ3v) is 15.1. The van der Waals surface area contributed by atoms with E-state index in [-0.39, 0.29) is 47.4 Å². The van der Waals surface area contributed by atoms with Crippen molar-refractivity contribution in [3.05, 3.63) is 125 Å². The van der Waals surface area contributed by atoms with Crippen molar-refractivity contribution >= 4 is 34.8 Å². The molecule has 4 fully saturated rings. The lowest BCUT2D eigenvalue weighted by molar-refractivity contribution is -0.136. The number of hydrogen-bond donors (Lipinski definition) is 3. The van der Waals surface area contributed by atoms with Gasteiger partial charge in [-0.2, -0.15) is 0 Å². The molecule has 4 amide bonds. The second-order valence-corrected chi connectivity index (χ2v) is 19.5. The topological polar surface area (TPSA) is 141 Å². The SMILES string of the molecule is CC/C(=C(\c1ccc(O)cc1)c1ccc(OCCN2CCN(C3NCC(Oc4ccc5c(c4)C(=O)N(C4CCC(=O)NC4=O)C5=O)CC34CCCCCCCCCC4)CC2)cc1)c1ccccc1. The van der Waals surface area contributed by atoms with Gasteiger partial charge in [0, 0.05) is 51.1 Å². The molecule has 3 saturated heterocycles. The predicted octanol–water partition coefficient (Wildman–Crippen LogP) is 8.83. The van der Waals surface area contributed by atoms with E-state index in [1.54, 1.807) is 30.3 Å². The molecule has 4 heterocycles. The van der Waals surface area contributed by atoms with Gasteiger partial charge in [-0.25, -0.2) is 0 Å². The number of carbonyl (C=O) groups excluding carboxylic acids is 4. The van der Waals surface area contributed by atoms with Crippen LogP contribution in [-0.2, 0) is 9.59 Å². The van der Waals surface area contributed by atoms with Gasteiger partial charge in [0.1, 0.15) is 36.0 Å². The maximum atomic E-state index is 13.6. The van der Waals surface area contributed by atoms with Gasteiger partial charge in [0.2, 0.25) is 11.8 Å². The van der Waals surface area contributed by atoms with Gasteiger partial charge in [-0.3, -0.25) is 44.5 Å². The number of phenols is 1. The van der Waals surface area contributed by atoms with E-state index in [9.17, 15) is 24.3 Å². The van der Waals surface area contributed by atoms with Gasteiger partial charge >= 0.3 is 0 Å². The molecule has 4 aromatic carbocycles. The highest BCUT2D eigenvalue weighted by Gasteiger charge is 2.48. The minimum absolute atomic E-state index is 0.0200. The third kappa shape index (κ3) is 10.6. The van der Waals surface area contributed by atoms with Crippen LogP contribution in [-0.4, -0.2) is 108 Å². The molecule has 3 N–H and O–H groups in total. The molecule has 0 aromatic heterocycles. The first kappa shape index (κ1) is 47.3. The van der Waals surface area contributed by atoms with Crippen LogP contribution in [0, 0.1) is 5.41 Å². The molecule has 1 saturated carbocycles. The van der Waals surface area contributed by atoms with Crippen LogP contribution in [0.25, 0.3) is 11.1 Å². The van der Waals surface area contributed by atoms with E-state index in [2.05, 4.69) is 75.9 Å². The number of benzene rings is 4. The molecular formula is C56H67N5O7. The van der Waals surface area contributed by atoms with E-state index in [1.165, 1.54) is 62.5 Å². The van der Waals surface area contributed by atoms with E-state index in [4.69, 9.17) is 9.47 Å². The van der Waals surface area contributed by atoms with Crippen molar-refractivity contribution in [2.75, 3.05) is 45.9 Å². The first-order valence-electron chi connectivity index (χ1n) is 25.2. The number of piperidine rings is 2. The molecule has 68 heavy (non-hydrogen) atoms. The van der Waals surface area contributed by atoms with Gasteiger partial charge in [-0.1, -0.05) is 113 Å². The Bertz CT molecular complexity index is 2440. The van der Waals surface area contributed by atoms with Gasteiger partial charge in [0.25, 0.3) is 11.8 Å². The summed E-state index contributed by atoms with van der Waals surface area (Å²) in [5.41, 5.74) is 6.27. The number of rotatable bonds is 12. The van der Waals surface area contributed by atoms with E-state index in [1.807, 2.05) is 18.2 Å². The first-order chi connectivity index (χ1) is 33.2.